The van der Waals surface area contributed by atoms with Crippen molar-refractivity contribution >= 4 is 11.8 Å². The summed E-state index contributed by atoms with van der Waals surface area (Å²) in [4.78, 5) is 4.37. The second kappa shape index (κ2) is 6.62. The number of hydrogen-bond acceptors (Lipinski definition) is 4. The highest BCUT2D eigenvalue weighted by molar-refractivity contribution is 7.99. The maximum atomic E-state index is 4.37. The fraction of sp³-hybridized carbons (Fsp3) is 0.500. The van der Waals surface area contributed by atoms with Crippen LogP contribution in [-0.4, -0.2) is 26.6 Å². The molecule has 1 heterocycles. The first-order valence-corrected chi connectivity index (χ1v) is 8.49. The van der Waals surface area contributed by atoms with Crippen LogP contribution in [0.1, 0.15) is 36.9 Å². The zero-order chi connectivity index (χ0) is 14.7. The molecule has 2 aromatic rings. The number of rotatable bonds is 5. The summed E-state index contributed by atoms with van der Waals surface area (Å²) >= 11 is 1.85. The first-order valence-electron chi connectivity index (χ1n) is 7.61. The van der Waals surface area contributed by atoms with E-state index < -0.39 is 0 Å². The van der Waals surface area contributed by atoms with Crippen molar-refractivity contribution in [1.29, 1.82) is 0 Å². The van der Waals surface area contributed by atoms with Gasteiger partial charge >= 0.3 is 0 Å². The van der Waals surface area contributed by atoms with Gasteiger partial charge in [-0.05, 0) is 36.9 Å². The zero-order valence-corrected chi connectivity index (χ0v) is 13.4. The molecule has 5 heteroatoms. The third-order valence-electron chi connectivity index (χ3n) is 4.00. The van der Waals surface area contributed by atoms with E-state index in [9.17, 15) is 0 Å². The molecule has 0 radical (unpaired) electrons. The lowest BCUT2D eigenvalue weighted by Gasteiger charge is -2.33. The Bertz CT molecular complexity index is 595. The van der Waals surface area contributed by atoms with Crippen LogP contribution >= 0.6 is 11.8 Å². The maximum absolute atomic E-state index is 4.37. The SMILES string of the molecule is CCCNC1c2ccccc2CCC1Sc1ncnn1C. The molecular weight excluding hydrogens is 280 g/mol. The van der Waals surface area contributed by atoms with E-state index >= 15 is 0 Å². The first kappa shape index (κ1) is 14.6. The summed E-state index contributed by atoms with van der Waals surface area (Å²) in [5, 5.41) is 9.42. The van der Waals surface area contributed by atoms with Crippen LogP contribution in [0.5, 0.6) is 0 Å². The minimum absolute atomic E-state index is 0.400. The van der Waals surface area contributed by atoms with Gasteiger partial charge in [-0.15, -0.1) is 0 Å². The van der Waals surface area contributed by atoms with Crippen LogP contribution in [0.4, 0.5) is 0 Å². The van der Waals surface area contributed by atoms with Gasteiger partial charge < -0.3 is 5.32 Å². The van der Waals surface area contributed by atoms with Crippen molar-refractivity contribution in [2.24, 2.45) is 7.05 Å². The maximum Gasteiger partial charge on any atom is 0.186 e. The molecule has 2 atom stereocenters. The van der Waals surface area contributed by atoms with E-state index in [4.69, 9.17) is 0 Å². The van der Waals surface area contributed by atoms with E-state index in [-0.39, 0.29) is 0 Å². The topological polar surface area (TPSA) is 42.7 Å². The summed E-state index contributed by atoms with van der Waals surface area (Å²) < 4.78 is 1.86. The van der Waals surface area contributed by atoms with Crippen LogP contribution in [0.2, 0.25) is 0 Å². The molecule has 0 fully saturated rings. The lowest BCUT2D eigenvalue weighted by atomic mass is 9.87. The standard InChI is InChI=1S/C16H22N4S/c1-3-10-17-15-13-7-5-4-6-12(13)8-9-14(15)21-16-18-11-19-20(16)2/h4-7,11,14-15,17H,3,8-10H2,1-2H3. The molecular formula is C16H22N4S. The van der Waals surface area contributed by atoms with Crippen molar-refractivity contribution < 1.29 is 0 Å². The largest absolute Gasteiger partial charge is 0.309 e. The fourth-order valence-electron chi connectivity index (χ4n) is 2.93. The van der Waals surface area contributed by atoms with Crippen LogP contribution in [0, 0.1) is 0 Å². The number of benzene rings is 1. The average Bonchev–Trinajstić information content (AvgIpc) is 2.91. The third-order valence-corrected chi connectivity index (χ3v) is 5.39. The van der Waals surface area contributed by atoms with E-state index in [0.717, 1.165) is 24.5 Å². The number of nitrogens with zero attached hydrogens (tertiary/aromatic N) is 3. The van der Waals surface area contributed by atoms with Crippen molar-refractivity contribution in [3.05, 3.63) is 41.7 Å². The summed E-state index contributed by atoms with van der Waals surface area (Å²) in [6.45, 7) is 3.27. The van der Waals surface area contributed by atoms with Gasteiger partial charge in [0.2, 0.25) is 0 Å². The van der Waals surface area contributed by atoms with E-state index in [1.54, 1.807) is 6.33 Å². The molecule has 3 rings (SSSR count). The molecule has 0 saturated heterocycles. The normalized spacial score (nSPS) is 21.2. The van der Waals surface area contributed by atoms with Gasteiger partial charge in [-0.2, -0.15) is 5.10 Å². The highest BCUT2D eigenvalue weighted by Gasteiger charge is 2.30. The molecule has 0 saturated carbocycles. The van der Waals surface area contributed by atoms with Gasteiger partial charge in [-0.3, -0.25) is 0 Å². The van der Waals surface area contributed by atoms with Gasteiger partial charge in [0, 0.05) is 18.3 Å². The van der Waals surface area contributed by atoms with Crippen LogP contribution in [0.15, 0.2) is 35.7 Å². The van der Waals surface area contributed by atoms with Gasteiger partial charge in [-0.1, -0.05) is 43.0 Å². The monoisotopic (exact) mass is 302 g/mol. The fourth-order valence-corrected chi connectivity index (χ4v) is 4.12. The second-order valence-corrected chi connectivity index (χ2v) is 6.70. The minimum Gasteiger partial charge on any atom is -0.309 e. The van der Waals surface area contributed by atoms with Crippen LogP contribution in [-0.2, 0) is 13.5 Å². The minimum atomic E-state index is 0.400. The van der Waals surface area contributed by atoms with Crippen molar-refractivity contribution in [3.8, 4) is 0 Å². The molecule has 1 aliphatic carbocycles. The van der Waals surface area contributed by atoms with Crippen LogP contribution in [0.3, 0.4) is 0 Å². The highest BCUT2D eigenvalue weighted by Crippen LogP contribution is 2.39. The third kappa shape index (κ3) is 3.14. The van der Waals surface area contributed by atoms with E-state index in [2.05, 4.69) is 46.6 Å². The molecule has 0 spiro atoms. The second-order valence-electron chi connectivity index (χ2n) is 5.49. The summed E-state index contributed by atoms with van der Waals surface area (Å²) in [6, 6.07) is 9.22. The predicted molar refractivity (Wildman–Crippen MR) is 86.4 cm³/mol. The Morgan fingerprint density at radius 1 is 1.38 bits per heavy atom. The first-order chi connectivity index (χ1) is 10.3. The average molecular weight is 302 g/mol. The Morgan fingerprint density at radius 2 is 2.24 bits per heavy atom. The molecule has 1 N–H and O–H groups in total. The molecule has 1 aliphatic rings. The van der Waals surface area contributed by atoms with Gasteiger partial charge in [0.15, 0.2) is 5.16 Å². The Labute approximate surface area is 130 Å². The van der Waals surface area contributed by atoms with E-state index in [1.807, 2.05) is 23.5 Å². The summed E-state index contributed by atoms with van der Waals surface area (Å²) in [5.41, 5.74) is 2.94. The van der Waals surface area contributed by atoms with Crippen molar-refractivity contribution in [2.45, 2.75) is 42.6 Å². The van der Waals surface area contributed by atoms with Crippen LogP contribution in [0.25, 0.3) is 0 Å². The Kier molecular flexibility index (Phi) is 4.60. The Hall–Kier alpha value is -1.33. The summed E-state index contributed by atoms with van der Waals surface area (Å²) in [5.74, 6) is 0. The highest BCUT2D eigenvalue weighted by atomic mass is 32.2. The molecule has 4 nitrogen and oxygen atoms in total. The molecule has 1 aromatic heterocycles. The molecule has 0 bridgehead atoms. The van der Waals surface area contributed by atoms with E-state index in [0.29, 0.717) is 11.3 Å². The lowest BCUT2D eigenvalue weighted by Crippen LogP contribution is -2.35. The quantitative estimate of drug-likeness (QED) is 0.922. The number of hydrogen-bond donors (Lipinski definition) is 1. The van der Waals surface area contributed by atoms with Gasteiger partial charge in [0.05, 0.1) is 0 Å². The molecule has 0 amide bonds. The number of thioether (sulfide) groups is 1. The van der Waals surface area contributed by atoms with Gasteiger partial charge in [0.1, 0.15) is 6.33 Å². The lowest BCUT2D eigenvalue weighted by molar-refractivity contribution is 0.471. The zero-order valence-electron chi connectivity index (χ0n) is 12.6. The molecule has 112 valence electrons. The molecule has 0 aliphatic heterocycles. The number of fused-ring (bicyclic) bond motifs is 1. The number of aromatic nitrogens is 3. The number of nitrogens with one attached hydrogen (secondary N) is 1. The summed E-state index contributed by atoms with van der Waals surface area (Å²) in [6.07, 6.45) is 5.11. The molecule has 21 heavy (non-hydrogen) atoms. The van der Waals surface area contributed by atoms with Gasteiger partial charge in [0.25, 0.3) is 0 Å². The van der Waals surface area contributed by atoms with E-state index in [1.165, 1.54) is 17.5 Å². The molecule has 1 aromatic carbocycles. The van der Waals surface area contributed by atoms with Crippen molar-refractivity contribution in [2.75, 3.05) is 6.54 Å². The van der Waals surface area contributed by atoms with Crippen LogP contribution < -0.4 is 5.32 Å². The van der Waals surface area contributed by atoms with Crippen molar-refractivity contribution in [1.82, 2.24) is 20.1 Å². The predicted octanol–water partition coefficient (Wildman–Crippen LogP) is 2.96. The number of aryl methyl sites for hydroxylation is 2. The smallest absolute Gasteiger partial charge is 0.186 e. The summed E-state index contributed by atoms with van der Waals surface area (Å²) in [7, 11) is 1.96. The molecule has 2 unspecified atom stereocenters. The Balaban J connectivity index is 1.84. The van der Waals surface area contributed by atoms with Gasteiger partial charge in [-0.25, -0.2) is 9.67 Å². The Morgan fingerprint density at radius 3 is 3.00 bits per heavy atom. The van der Waals surface area contributed by atoms with Crippen molar-refractivity contribution in [3.63, 3.8) is 0 Å².